The molecule has 0 spiro atoms. The molecule has 0 bridgehead atoms. The Labute approximate surface area is 93.3 Å². The number of carbonyl (C=O) groups is 1. The van der Waals surface area contributed by atoms with E-state index in [-0.39, 0.29) is 0 Å². The average molecular weight is 218 g/mol. The molecule has 0 fully saturated rings. The maximum absolute atomic E-state index is 11.0. The van der Waals surface area contributed by atoms with E-state index >= 15 is 0 Å². The lowest BCUT2D eigenvalue weighted by Crippen LogP contribution is -2.26. The molecule has 1 heterocycles. The van der Waals surface area contributed by atoms with Gasteiger partial charge < -0.3 is 5.11 Å². The van der Waals surface area contributed by atoms with Crippen LogP contribution >= 0.6 is 0 Å². The molecule has 0 aliphatic carbocycles. The van der Waals surface area contributed by atoms with Crippen LogP contribution < -0.4 is 0 Å². The second kappa shape index (κ2) is 3.63. The lowest BCUT2D eigenvalue weighted by molar-refractivity contribution is -0.146. The Hall–Kier alpha value is -1.84. The average Bonchev–Trinajstić information content (AvgIpc) is 2.61. The molecule has 2 N–H and O–H groups in total. The fourth-order valence-corrected chi connectivity index (χ4v) is 1.67. The van der Waals surface area contributed by atoms with Gasteiger partial charge in [0.05, 0.1) is 10.9 Å². The SMILES string of the molecule is CC(C)(Cc1[nH]nc2ccccc12)C(=O)O. The molecule has 84 valence electrons. The zero-order valence-electron chi connectivity index (χ0n) is 9.32. The highest BCUT2D eigenvalue weighted by atomic mass is 16.4. The van der Waals surface area contributed by atoms with Crippen LogP contribution in [0.25, 0.3) is 10.9 Å². The quantitative estimate of drug-likeness (QED) is 0.830. The summed E-state index contributed by atoms with van der Waals surface area (Å²) in [6, 6.07) is 7.69. The summed E-state index contributed by atoms with van der Waals surface area (Å²) in [5, 5.41) is 17.1. The minimum atomic E-state index is -0.800. The number of nitrogens with zero attached hydrogens (tertiary/aromatic N) is 1. The van der Waals surface area contributed by atoms with Crippen LogP contribution in [0.3, 0.4) is 0 Å². The Balaban J connectivity index is 2.38. The van der Waals surface area contributed by atoms with Crippen molar-refractivity contribution in [2.45, 2.75) is 20.3 Å². The molecule has 0 amide bonds. The molecule has 4 nitrogen and oxygen atoms in total. The Morgan fingerprint density at radius 3 is 2.81 bits per heavy atom. The zero-order valence-corrected chi connectivity index (χ0v) is 9.32. The third kappa shape index (κ3) is 1.78. The van der Waals surface area contributed by atoms with Crippen LogP contribution in [0.2, 0.25) is 0 Å². The van der Waals surface area contributed by atoms with Crippen molar-refractivity contribution in [2.75, 3.05) is 0 Å². The monoisotopic (exact) mass is 218 g/mol. The van der Waals surface area contributed by atoms with E-state index in [9.17, 15) is 4.79 Å². The van der Waals surface area contributed by atoms with Gasteiger partial charge in [-0.15, -0.1) is 0 Å². The first-order valence-electron chi connectivity index (χ1n) is 5.16. The number of benzene rings is 1. The molecule has 0 aliphatic rings. The Bertz CT molecular complexity index is 529. The molecule has 1 aromatic heterocycles. The number of aromatic nitrogens is 2. The second-order valence-corrected chi connectivity index (χ2v) is 4.59. The van der Waals surface area contributed by atoms with Gasteiger partial charge >= 0.3 is 5.97 Å². The van der Waals surface area contributed by atoms with Gasteiger partial charge in [0, 0.05) is 17.5 Å². The van der Waals surface area contributed by atoms with Crippen LogP contribution in [0.5, 0.6) is 0 Å². The molecular formula is C12H14N2O2. The molecule has 2 rings (SSSR count). The zero-order chi connectivity index (χ0) is 11.8. The number of hydrogen-bond donors (Lipinski definition) is 2. The highest BCUT2D eigenvalue weighted by Crippen LogP contribution is 2.25. The molecule has 0 saturated heterocycles. The van der Waals surface area contributed by atoms with E-state index in [1.165, 1.54) is 0 Å². The van der Waals surface area contributed by atoms with Crippen molar-refractivity contribution in [3.05, 3.63) is 30.0 Å². The van der Waals surface area contributed by atoms with Gasteiger partial charge in [-0.1, -0.05) is 18.2 Å². The van der Waals surface area contributed by atoms with E-state index in [0.29, 0.717) is 6.42 Å². The molecule has 4 heteroatoms. The minimum absolute atomic E-state index is 0.447. The van der Waals surface area contributed by atoms with E-state index in [1.54, 1.807) is 13.8 Å². The largest absolute Gasteiger partial charge is 0.481 e. The van der Waals surface area contributed by atoms with Crippen molar-refractivity contribution in [3.8, 4) is 0 Å². The predicted octanol–water partition coefficient (Wildman–Crippen LogP) is 2.22. The van der Waals surface area contributed by atoms with Gasteiger partial charge in [-0.2, -0.15) is 5.10 Å². The topological polar surface area (TPSA) is 66.0 Å². The fourth-order valence-electron chi connectivity index (χ4n) is 1.67. The first-order chi connectivity index (χ1) is 7.50. The van der Waals surface area contributed by atoms with Gasteiger partial charge in [0.15, 0.2) is 0 Å². The minimum Gasteiger partial charge on any atom is -0.481 e. The molecule has 0 unspecified atom stereocenters. The van der Waals surface area contributed by atoms with Gasteiger partial charge in [0.2, 0.25) is 0 Å². The summed E-state index contributed by atoms with van der Waals surface area (Å²) < 4.78 is 0. The molecule has 0 radical (unpaired) electrons. The van der Waals surface area contributed by atoms with E-state index in [4.69, 9.17) is 5.11 Å². The number of hydrogen-bond acceptors (Lipinski definition) is 2. The third-order valence-electron chi connectivity index (χ3n) is 2.74. The highest BCUT2D eigenvalue weighted by molar-refractivity contribution is 5.82. The number of aliphatic carboxylic acids is 1. The van der Waals surface area contributed by atoms with Crippen LogP contribution in [-0.2, 0) is 11.2 Å². The van der Waals surface area contributed by atoms with Crippen LogP contribution in [0.1, 0.15) is 19.5 Å². The van der Waals surface area contributed by atoms with Gasteiger partial charge in [-0.05, 0) is 19.9 Å². The Kier molecular flexibility index (Phi) is 2.42. The number of carboxylic acid groups (broad SMARTS) is 1. The molecule has 0 atom stereocenters. The number of H-pyrrole nitrogens is 1. The molecule has 16 heavy (non-hydrogen) atoms. The molecule has 0 aliphatic heterocycles. The first-order valence-corrected chi connectivity index (χ1v) is 5.16. The van der Waals surface area contributed by atoms with E-state index < -0.39 is 11.4 Å². The maximum Gasteiger partial charge on any atom is 0.309 e. The van der Waals surface area contributed by atoms with Crippen molar-refractivity contribution in [1.29, 1.82) is 0 Å². The molecule has 1 aromatic carbocycles. The number of aromatic amines is 1. The molecule has 2 aromatic rings. The Morgan fingerprint density at radius 1 is 1.44 bits per heavy atom. The number of fused-ring (bicyclic) bond motifs is 1. The summed E-state index contributed by atoms with van der Waals surface area (Å²) in [6.07, 6.45) is 0.447. The predicted molar refractivity (Wildman–Crippen MR) is 61.2 cm³/mol. The number of rotatable bonds is 3. The summed E-state index contributed by atoms with van der Waals surface area (Å²) in [7, 11) is 0. The summed E-state index contributed by atoms with van der Waals surface area (Å²) in [5.74, 6) is -0.800. The molecular weight excluding hydrogens is 204 g/mol. The van der Waals surface area contributed by atoms with Crippen molar-refractivity contribution in [1.82, 2.24) is 10.2 Å². The first kappa shape index (κ1) is 10.7. The van der Waals surface area contributed by atoms with Crippen LogP contribution in [0.4, 0.5) is 0 Å². The number of nitrogens with one attached hydrogen (secondary N) is 1. The van der Waals surface area contributed by atoms with Gasteiger partial charge in [-0.3, -0.25) is 9.89 Å². The van der Waals surface area contributed by atoms with Gasteiger partial charge in [-0.25, -0.2) is 0 Å². The summed E-state index contributed by atoms with van der Waals surface area (Å²) in [6.45, 7) is 3.43. The number of para-hydroxylation sites is 1. The summed E-state index contributed by atoms with van der Waals surface area (Å²) >= 11 is 0. The smallest absolute Gasteiger partial charge is 0.309 e. The standard InChI is InChI=1S/C12H14N2O2/c1-12(2,11(15)16)7-10-8-5-3-4-6-9(8)13-14-10/h3-6H,7H2,1-2H3,(H,13,14)(H,15,16). The highest BCUT2D eigenvalue weighted by Gasteiger charge is 2.28. The van der Waals surface area contributed by atoms with Crippen molar-refractivity contribution in [2.24, 2.45) is 5.41 Å². The fraction of sp³-hybridized carbons (Fsp3) is 0.333. The van der Waals surface area contributed by atoms with Crippen molar-refractivity contribution >= 4 is 16.9 Å². The summed E-state index contributed by atoms with van der Waals surface area (Å²) in [4.78, 5) is 11.0. The van der Waals surface area contributed by atoms with Gasteiger partial charge in [0.25, 0.3) is 0 Å². The van der Waals surface area contributed by atoms with E-state index in [0.717, 1.165) is 16.6 Å². The van der Waals surface area contributed by atoms with Gasteiger partial charge in [0.1, 0.15) is 0 Å². The van der Waals surface area contributed by atoms with Crippen molar-refractivity contribution in [3.63, 3.8) is 0 Å². The third-order valence-corrected chi connectivity index (χ3v) is 2.74. The van der Waals surface area contributed by atoms with Crippen LogP contribution in [0.15, 0.2) is 24.3 Å². The normalized spacial score (nSPS) is 11.9. The maximum atomic E-state index is 11.0. The van der Waals surface area contributed by atoms with E-state index in [2.05, 4.69) is 10.2 Å². The van der Waals surface area contributed by atoms with E-state index in [1.807, 2.05) is 24.3 Å². The van der Waals surface area contributed by atoms with Crippen molar-refractivity contribution < 1.29 is 9.90 Å². The summed E-state index contributed by atoms with van der Waals surface area (Å²) in [5.41, 5.74) is 0.969. The molecule has 0 saturated carbocycles. The lowest BCUT2D eigenvalue weighted by atomic mass is 9.87. The van der Waals surface area contributed by atoms with Crippen LogP contribution in [0, 0.1) is 5.41 Å². The Morgan fingerprint density at radius 2 is 2.12 bits per heavy atom. The second-order valence-electron chi connectivity index (χ2n) is 4.59. The lowest BCUT2D eigenvalue weighted by Gasteiger charge is -2.17. The number of carboxylic acids is 1. The van der Waals surface area contributed by atoms with Crippen LogP contribution in [-0.4, -0.2) is 21.3 Å².